The average Bonchev–Trinajstić information content (AvgIpc) is 2.46. The van der Waals surface area contributed by atoms with E-state index in [-0.39, 0.29) is 6.04 Å². The Bertz CT molecular complexity index is 399. The minimum Gasteiger partial charge on any atom is -0.478 e. The largest absolute Gasteiger partial charge is 0.478 e. The molecule has 2 rings (SSSR count). The van der Waals surface area contributed by atoms with Gasteiger partial charge in [-0.1, -0.05) is 6.07 Å². The number of hydrogen-bond donors (Lipinski definition) is 2. The molecule has 1 aliphatic carbocycles. The normalized spacial score (nSPS) is 19.4. The summed E-state index contributed by atoms with van der Waals surface area (Å²) >= 11 is 0. The first-order valence-electron chi connectivity index (χ1n) is 4.72. The predicted octanol–water partition coefficient (Wildman–Crippen LogP) is 1.64. The molecule has 0 saturated heterocycles. The molecule has 3 heteroatoms. The van der Waals surface area contributed by atoms with E-state index in [4.69, 9.17) is 10.8 Å². The summed E-state index contributed by atoms with van der Waals surface area (Å²) in [6, 6.07) is 3.69. The van der Waals surface area contributed by atoms with E-state index in [2.05, 4.69) is 0 Å². The molecule has 0 spiro atoms. The molecule has 1 aromatic rings. The van der Waals surface area contributed by atoms with Gasteiger partial charge in [-0.05, 0) is 42.5 Å². The minimum atomic E-state index is -0.871. The van der Waals surface area contributed by atoms with E-state index < -0.39 is 5.97 Å². The molecule has 0 radical (unpaired) electrons. The molecule has 3 nitrogen and oxygen atoms in total. The number of carboxylic acid groups (broad SMARTS) is 1. The number of carboxylic acids is 1. The molecule has 3 N–H and O–H groups in total. The van der Waals surface area contributed by atoms with Crippen LogP contribution in [-0.2, 0) is 6.42 Å². The smallest absolute Gasteiger partial charge is 0.335 e. The Balaban J connectivity index is 2.57. The van der Waals surface area contributed by atoms with Crippen LogP contribution >= 0.6 is 0 Å². The van der Waals surface area contributed by atoms with Crippen molar-refractivity contribution in [3.8, 4) is 0 Å². The summed E-state index contributed by atoms with van der Waals surface area (Å²) in [5, 5.41) is 8.94. The standard InChI is InChI=1S/C11H13NO2/c1-6-4-7-2-3-10(12)9(7)5-8(6)11(13)14/h4-5,10H,2-3,12H2,1H3,(H,13,14). The van der Waals surface area contributed by atoms with Crippen LogP contribution in [-0.4, -0.2) is 11.1 Å². The Labute approximate surface area is 82.5 Å². The summed E-state index contributed by atoms with van der Waals surface area (Å²) in [5.41, 5.74) is 9.29. The fraction of sp³-hybridized carbons (Fsp3) is 0.364. The van der Waals surface area contributed by atoms with Crippen molar-refractivity contribution < 1.29 is 9.90 Å². The summed E-state index contributed by atoms with van der Waals surface area (Å²) in [6.45, 7) is 1.83. The Morgan fingerprint density at radius 1 is 1.57 bits per heavy atom. The molecule has 0 fully saturated rings. The van der Waals surface area contributed by atoms with Crippen LogP contribution in [0.25, 0.3) is 0 Å². The van der Waals surface area contributed by atoms with Gasteiger partial charge in [-0.3, -0.25) is 0 Å². The van der Waals surface area contributed by atoms with Gasteiger partial charge in [-0.25, -0.2) is 4.79 Å². The highest BCUT2D eigenvalue weighted by molar-refractivity contribution is 5.89. The number of benzene rings is 1. The fourth-order valence-corrected chi connectivity index (χ4v) is 2.04. The van der Waals surface area contributed by atoms with Gasteiger partial charge in [-0.2, -0.15) is 0 Å². The van der Waals surface area contributed by atoms with Gasteiger partial charge >= 0.3 is 5.97 Å². The third kappa shape index (κ3) is 1.30. The van der Waals surface area contributed by atoms with Crippen molar-refractivity contribution in [3.05, 3.63) is 34.4 Å². The first kappa shape index (κ1) is 9.21. The maximum absolute atomic E-state index is 10.9. The average molecular weight is 191 g/mol. The molecule has 0 aromatic heterocycles. The molecule has 0 aliphatic heterocycles. The Morgan fingerprint density at radius 3 is 2.93 bits per heavy atom. The molecule has 1 unspecified atom stereocenters. The molecule has 74 valence electrons. The number of carbonyl (C=O) groups is 1. The van der Waals surface area contributed by atoms with Crippen LogP contribution in [0, 0.1) is 6.92 Å². The van der Waals surface area contributed by atoms with Gasteiger partial charge in [0, 0.05) is 6.04 Å². The van der Waals surface area contributed by atoms with Crippen LogP contribution < -0.4 is 5.73 Å². The van der Waals surface area contributed by atoms with Crippen LogP contribution in [0.3, 0.4) is 0 Å². The first-order valence-corrected chi connectivity index (χ1v) is 4.72. The second-order valence-corrected chi connectivity index (χ2v) is 3.82. The SMILES string of the molecule is Cc1cc2c(cc1C(=O)O)C(N)CC2. The highest BCUT2D eigenvalue weighted by atomic mass is 16.4. The van der Waals surface area contributed by atoms with Gasteiger partial charge in [0.2, 0.25) is 0 Å². The van der Waals surface area contributed by atoms with Crippen LogP contribution in [0.2, 0.25) is 0 Å². The summed E-state index contributed by atoms with van der Waals surface area (Å²) < 4.78 is 0. The van der Waals surface area contributed by atoms with Gasteiger partial charge in [-0.15, -0.1) is 0 Å². The number of rotatable bonds is 1. The maximum Gasteiger partial charge on any atom is 0.335 e. The van der Waals surface area contributed by atoms with E-state index >= 15 is 0 Å². The number of aryl methyl sites for hydroxylation is 2. The first-order chi connectivity index (χ1) is 6.59. The third-order valence-corrected chi connectivity index (χ3v) is 2.84. The molecule has 0 amide bonds. The highest BCUT2D eigenvalue weighted by Crippen LogP contribution is 2.31. The van der Waals surface area contributed by atoms with Gasteiger partial charge in [0.1, 0.15) is 0 Å². The molecule has 0 bridgehead atoms. The van der Waals surface area contributed by atoms with Crippen LogP contribution in [0.5, 0.6) is 0 Å². The summed E-state index contributed by atoms with van der Waals surface area (Å²) in [6.07, 6.45) is 1.90. The fourth-order valence-electron chi connectivity index (χ4n) is 2.04. The van der Waals surface area contributed by atoms with Crippen molar-refractivity contribution in [3.63, 3.8) is 0 Å². The van der Waals surface area contributed by atoms with Gasteiger partial charge < -0.3 is 10.8 Å². The Morgan fingerprint density at radius 2 is 2.29 bits per heavy atom. The van der Waals surface area contributed by atoms with Gasteiger partial charge in [0.25, 0.3) is 0 Å². The molecule has 1 aliphatic rings. The molecular formula is C11H13NO2. The third-order valence-electron chi connectivity index (χ3n) is 2.84. The van der Waals surface area contributed by atoms with E-state index in [0.717, 1.165) is 24.0 Å². The lowest BCUT2D eigenvalue weighted by atomic mass is 10.00. The molecule has 0 heterocycles. The topological polar surface area (TPSA) is 63.3 Å². The number of hydrogen-bond acceptors (Lipinski definition) is 2. The van der Waals surface area contributed by atoms with E-state index in [0.29, 0.717) is 5.56 Å². The minimum absolute atomic E-state index is 0.0173. The van der Waals surface area contributed by atoms with Gasteiger partial charge in [0.05, 0.1) is 5.56 Å². The van der Waals surface area contributed by atoms with Crippen molar-refractivity contribution in [2.45, 2.75) is 25.8 Å². The molecule has 1 aromatic carbocycles. The van der Waals surface area contributed by atoms with E-state index in [1.807, 2.05) is 13.0 Å². The zero-order chi connectivity index (χ0) is 10.3. The summed E-state index contributed by atoms with van der Waals surface area (Å²) in [7, 11) is 0. The van der Waals surface area contributed by atoms with Crippen molar-refractivity contribution in [1.82, 2.24) is 0 Å². The Kier molecular flexibility index (Phi) is 2.04. The van der Waals surface area contributed by atoms with E-state index in [1.165, 1.54) is 5.56 Å². The zero-order valence-electron chi connectivity index (χ0n) is 8.08. The Hall–Kier alpha value is -1.35. The lowest BCUT2D eigenvalue weighted by Crippen LogP contribution is -2.08. The summed E-state index contributed by atoms with van der Waals surface area (Å²) in [4.78, 5) is 10.9. The highest BCUT2D eigenvalue weighted by Gasteiger charge is 2.21. The molecule has 14 heavy (non-hydrogen) atoms. The van der Waals surface area contributed by atoms with Crippen LogP contribution in [0.4, 0.5) is 0 Å². The second kappa shape index (κ2) is 3.10. The van der Waals surface area contributed by atoms with Crippen molar-refractivity contribution in [1.29, 1.82) is 0 Å². The zero-order valence-corrected chi connectivity index (χ0v) is 8.08. The second-order valence-electron chi connectivity index (χ2n) is 3.82. The molecular weight excluding hydrogens is 178 g/mol. The maximum atomic E-state index is 10.9. The van der Waals surface area contributed by atoms with Gasteiger partial charge in [0.15, 0.2) is 0 Å². The van der Waals surface area contributed by atoms with Crippen molar-refractivity contribution in [2.75, 3.05) is 0 Å². The quantitative estimate of drug-likeness (QED) is 0.709. The van der Waals surface area contributed by atoms with E-state index in [1.54, 1.807) is 6.07 Å². The van der Waals surface area contributed by atoms with Crippen molar-refractivity contribution >= 4 is 5.97 Å². The monoisotopic (exact) mass is 191 g/mol. The van der Waals surface area contributed by atoms with Crippen LogP contribution in [0.1, 0.15) is 39.5 Å². The number of nitrogens with two attached hydrogens (primary N) is 1. The molecule has 0 saturated carbocycles. The number of fused-ring (bicyclic) bond motifs is 1. The lowest BCUT2D eigenvalue weighted by Gasteiger charge is -2.08. The van der Waals surface area contributed by atoms with Crippen LogP contribution in [0.15, 0.2) is 12.1 Å². The predicted molar refractivity (Wildman–Crippen MR) is 53.4 cm³/mol. The van der Waals surface area contributed by atoms with Crippen molar-refractivity contribution in [2.24, 2.45) is 5.73 Å². The lowest BCUT2D eigenvalue weighted by molar-refractivity contribution is 0.0696. The van der Waals surface area contributed by atoms with E-state index in [9.17, 15) is 4.79 Å². The number of aromatic carboxylic acids is 1. The summed E-state index contributed by atoms with van der Waals surface area (Å²) in [5.74, 6) is -0.871. The molecule has 1 atom stereocenters.